The lowest BCUT2D eigenvalue weighted by Gasteiger charge is -2.16. The van der Waals surface area contributed by atoms with E-state index < -0.39 is 11.7 Å². The average Bonchev–Trinajstić information content (AvgIpc) is 2.25. The Bertz CT molecular complexity index is 317. The second-order valence-electron chi connectivity index (χ2n) is 3.51. The molecule has 0 aliphatic carbocycles. The lowest BCUT2D eigenvalue weighted by Crippen LogP contribution is -2.22. The van der Waals surface area contributed by atoms with E-state index in [9.17, 15) is 13.2 Å². The maximum Gasteiger partial charge on any atom is 0.416 e. The first-order valence-corrected chi connectivity index (χ1v) is 5.02. The molecule has 1 unspecified atom stereocenters. The zero-order valence-electron chi connectivity index (χ0n) is 8.88. The molecule has 2 nitrogen and oxygen atoms in total. The maximum atomic E-state index is 12.3. The van der Waals surface area contributed by atoms with Crippen molar-refractivity contribution in [2.75, 3.05) is 11.9 Å². The molecule has 90 valence electrons. The minimum atomic E-state index is -4.31. The lowest BCUT2D eigenvalue weighted by molar-refractivity contribution is -0.137. The number of benzene rings is 1. The number of aliphatic hydroxyl groups is 1. The van der Waals surface area contributed by atoms with E-state index in [2.05, 4.69) is 5.32 Å². The van der Waals surface area contributed by atoms with E-state index in [1.807, 2.05) is 6.92 Å². The van der Waals surface area contributed by atoms with Crippen LogP contribution in [-0.4, -0.2) is 17.8 Å². The highest BCUT2D eigenvalue weighted by Gasteiger charge is 2.29. The Kier molecular flexibility index (Phi) is 4.18. The Morgan fingerprint density at radius 1 is 1.25 bits per heavy atom. The molecule has 1 aromatic carbocycles. The van der Waals surface area contributed by atoms with Crippen molar-refractivity contribution >= 4 is 5.69 Å². The molecule has 1 atom stereocenters. The van der Waals surface area contributed by atoms with Crippen LogP contribution in [0.1, 0.15) is 18.9 Å². The van der Waals surface area contributed by atoms with E-state index in [0.29, 0.717) is 12.1 Å². The minimum Gasteiger partial charge on any atom is -0.394 e. The molecule has 0 aliphatic heterocycles. The molecule has 0 fully saturated rings. The molecule has 16 heavy (non-hydrogen) atoms. The van der Waals surface area contributed by atoms with Crippen LogP contribution in [0, 0.1) is 0 Å². The van der Waals surface area contributed by atoms with E-state index in [1.165, 1.54) is 12.1 Å². The highest BCUT2D eigenvalue weighted by Crippen LogP contribution is 2.29. The molecule has 1 rings (SSSR count). The Balaban J connectivity index is 2.72. The summed E-state index contributed by atoms with van der Waals surface area (Å²) in [6, 6.07) is 4.64. The van der Waals surface area contributed by atoms with Crippen LogP contribution in [0.2, 0.25) is 0 Å². The van der Waals surface area contributed by atoms with Gasteiger partial charge in [0.15, 0.2) is 0 Å². The van der Waals surface area contributed by atoms with E-state index >= 15 is 0 Å². The van der Waals surface area contributed by atoms with Crippen molar-refractivity contribution in [1.29, 1.82) is 0 Å². The summed E-state index contributed by atoms with van der Waals surface area (Å²) in [5.74, 6) is 0. The molecule has 0 aliphatic rings. The third kappa shape index (κ3) is 3.41. The molecule has 5 heteroatoms. The number of halogens is 3. The van der Waals surface area contributed by atoms with Gasteiger partial charge >= 0.3 is 6.18 Å². The topological polar surface area (TPSA) is 32.3 Å². The Morgan fingerprint density at radius 3 is 2.19 bits per heavy atom. The van der Waals surface area contributed by atoms with E-state index in [-0.39, 0.29) is 12.6 Å². The van der Waals surface area contributed by atoms with E-state index in [4.69, 9.17) is 5.11 Å². The van der Waals surface area contributed by atoms with Crippen molar-refractivity contribution < 1.29 is 18.3 Å². The van der Waals surface area contributed by atoms with Crippen molar-refractivity contribution in [3.05, 3.63) is 29.8 Å². The predicted octanol–water partition coefficient (Wildman–Crippen LogP) is 2.89. The fourth-order valence-corrected chi connectivity index (χ4v) is 1.27. The molecule has 0 saturated heterocycles. The number of hydrogen-bond donors (Lipinski definition) is 2. The van der Waals surface area contributed by atoms with Crippen LogP contribution in [0.3, 0.4) is 0 Å². The first-order chi connectivity index (χ1) is 7.47. The number of hydrogen-bond acceptors (Lipinski definition) is 2. The van der Waals surface area contributed by atoms with Crippen molar-refractivity contribution in [3.63, 3.8) is 0 Å². The third-order valence-electron chi connectivity index (χ3n) is 2.30. The van der Waals surface area contributed by atoms with E-state index in [0.717, 1.165) is 12.1 Å². The molecule has 2 N–H and O–H groups in total. The SMILES string of the molecule is CCC(CO)Nc1ccc(C(F)(F)F)cc1. The summed E-state index contributed by atoms with van der Waals surface area (Å²) < 4.78 is 36.8. The fraction of sp³-hybridized carbons (Fsp3) is 0.455. The number of alkyl halides is 3. The van der Waals surface area contributed by atoms with Gasteiger partial charge in [-0.15, -0.1) is 0 Å². The third-order valence-corrected chi connectivity index (χ3v) is 2.30. The van der Waals surface area contributed by atoms with Gasteiger partial charge in [-0.2, -0.15) is 13.2 Å². The molecule has 0 aromatic heterocycles. The second kappa shape index (κ2) is 5.21. The Morgan fingerprint density at radius 2 is 1.81 bits per heavy atom. The Labute approximate surface area is 92.1 Å². The zero-order valence-corrected chi connectivity index (χ0v) is 8.88. The summed E-state index contributed by atoms with van der Waals surface area (Å²) in [6.45, 7) is 1.84. The summed E-state index contributed by atoms with van der Waals surface area (Å²) in [5.41, 5.74) is -0.0935. The number of anilines is 1. The van der Waals surface area contributed by atoms with Crippen LogP contribution in [0.4, 0.5) is 18.9 Å². The summed E-state index contributed by atoms with van der Waals surface area (Å²) in [4.78, 5) is 0. The Hall–Kier alpha value is -1.23. The van der Waals surface area contributed by atoms with Crippen molar-refractivity contribution in [1.82, 2.24) is 0 Å². The van der Waals surface area contributed by atoms with Gasteiger partial charge in [-0.3, -0.25) is 0 Å². The summed E-state index contributed by atoms with van der Waals surface area (Å²) in [6.07, 6.45) is -3.60. The highest BCUT2D eigenvalue weighted by molar-refractivity contribution is 5.45. The summed E-state index contributed by atoms with van der Waals surface area (Å²) >= 11 is 0. The van der Waals surface area contributed by atoms with Crippen LogP contribution in [0.15, 0.2) is 24.3 Å². The van der Waals surface area contributed by atoms with Gasteiger partial charge in [0.05, 0.1) is 12.2 Å². The van der Waals surface area contributed by atoms with Gasteiger partial charge in [0.2, 0.25) is 0 Å². The van der Waals surface area contributed by atoms with Gasteiger partial charge in [0.1, 0.15) is 0 Å². The standard InChI is InChI=1S/C11H14F3NO/c1-2-9(7-16)15-10-5-3-8(4-6-10)11(12,13)14/h3-6,9,15-16H,2,7H2,1H3. The molecule has 1 aromatic rings. The molecule has 0 radical (unpaired) electrons. The molecule has 0 amide bonds. The van der Waals surface area contributed by atoms with Crippen molar-refractivity contribution in [3.8, 4) is 0 Å². The minimum absolute atomic E-state index is 0.0441. The van der Waals surface area contributed by atoms with E-state index in [1.54, 1.807) is 0 Å². The van der Waals surface area contributed by atoms with Gasteiger partial charge in [0.25, 0.3) is 0 Å². The highest BCUT2D eigenvalue weighted by atomic mass is 19.4. The lowest BCUT2D eigenvalue weighted by atomic mass is 10.1. The normalized spacial score (nSPS) is 13.6. The largest absolute Gasteiger partial charge is 0.416 e. The van der Waals surface area contributed by atoms with Crippen LogP contribution in [0.25, 0.3) is 0 Å². The first-order valence-electron chi connectivity index (χ1n) is 5.02. The number of nitrogens with one attached hydrogen (secondary N) is 1. The fourth-order valence-electron chi connectivity index (χ4n) is 1.27. The van der Waals surface area contributed by atoms with Crippen molar-refractivity contribution in [2.45, 2.75) is 25.6 Å². The quantitative estimate of drug-likeness (QED) is 0.838. The smallest absolute Gasteiger partial charge is 0.394 e. The number of rotatable bonds is 4. The van der Waals surface area contributed by atoms with Crippen LogP contribution >= 0.6 is 0 Å². The van der Waals surface area contributed by atoms with Gasteiger partial charge in [-0.25, -0.2) is 0 Å². The summed E-state index contributed by atoms with van der Waals surface area (Å²) in [7, 11) is 0. The molecular formula is C11H14F3NO. The maximum absolute atomic E-state index is 12.3. The first kappa shape index (κ1) is 12.8. The van der Waals surface area contributed by atoms with Gasteiger partial charge < -0.3 is 10.4 Å². The van der Waals surface area contributed by atoms with Gasteiger partial charge in [0, 0.05) is 11.7 Å². The molecular weight excluding hydrogens is 219 g/mol. The average molecular weight is 233 g/mol. The predicted molar refractivity (Wildman–Crippen MR) is 56.2 cm³/mol. The zero-order chi connectivity index (χ0) is 12.2. The molecule has 0 spiro atoms. The molecule has 0 heterocycles. The van der Waals surface area contributed by atoms with Crippen LogP contribution in [-0.2, 0) is 6.18 Å². The van der Waals surface area contributed by atoms with Crippen molar-refractivity contribution in [2.24, 2.45) is 0 Å². The monoisotopic (exact) mass is 233 g/mol. The molecule has 0 bridgehead atoms. The second-order valence-corrected chi connectivity index (χ2v) is 3.51. The van der Waals surface area contributed by atoms with Gasteiger partial charge in [-0.1, -0.05) is 6.92 Å². The van der Waals surface area contributed by atoms with Crippen LogP contribution in [0.5, 0.6) is 0 Å². The molecule has 0 saturated carbocycles. The summed E-state index contributed by atoms with van der Waals surface area (Å²) in [5, 5.41) is 11.9. The number of aliphatic hydroxyl groups excluding tert-OH is 1. The van der Waals surface area contributed by atoms with Crippen LogP contribution < -0.4 is 5.32 Å². The van der Waals surface area contributed by atoms with Gasteiger partial charge in [-0.05, 0) is 30.7 Å².